The molecule has 3 aromatic rings. The third-order valence-electron chi connectivity index (χ3n) is 4.54. The van der Waals surface area contributed by atoms with Gasteiger partial charge in [-0.3, -0.25) is 0 Å². The van der Waals surface area contributed by atoms with Gasteiger partial charge in [0.15, 0.2) is 17.1 Å². The van der Waals surface area contributed by atoms with Crippen molar-refractivity contribution in [1.82, 2.24) is 0 Å². The SMILES string of the molecule is CC(C)(c1ccccc1)c1ccc(O)c(N=Nc2c(O)cccc2O)c1O. The Morgan fingerprint density at radius 1 is 0.630 bits per heavy atom. The molecule has 0 aromatic heterocycles. The van der Waals surface area contributed by atoms with Gasteiger partial charge in [-0.1, -0.05) is 56.3 Å². The van der Waals surface area contributed by atoms with Crippen LogP contribution in [0.5, 0.6) is 23.0 Å². The molecule has 3 rings (SSSR count). The van der Waals surface area contributed by atoms with Crippen molar-refractivity contribution in [3.8, 4) is 23.0 Å². The van der Waals surface area contributed by atoms with E-state index in [1.165, 1.54) is 24.3 Å². The van der Waals surface area contributed by atoms with E-state index in [-0.39, 0.29) is 34.4 Å². The average Bonchev–Trinajstić information content (AvgIpc) is 2.64. The van der Waals surface area contributed by atoms with Crippen molar-refractivity contribution in [1.29, 1.82) is 0 Å². The number of phenols is 4. The molecule has 0 aliphatic rings. The van der Waals surface area contributed by atoms with Gasteiger partial charge in [-0.15, -0.1) is 10.2 Å². The second-order valence-corrected chi connectivity index (χ2v) is 6.67. The summed E-state index contributed by atoms with van der Waals surface area (Å²) in [4.78, 5) is 0. The van der Waals surface area contributed by atoms with E-state index in [1.54, 1.807) is 6.07 Å². The highest BCUT2D eigenvalue weighted by atomic mass is 16.3. The molecule has 0 saturated carbocycles. The smallest absolute Gasteiger partial charge is 0.169 e. The minimum Gasteiger partial charge on any atom is -0.505 e. The van der Waals surface area contributed by atoms with Gasteiger partial charge in [-0.2, -0.15) is 0 Å². The van der Waals surface area contributed by atoms with Gasteiger partial charge >= 0.3 is 0 Å². The number of azo groups is 1. The first-order valence-electron chi connectivity index (χ1n) is 8.36. The van der Waals surface area contributed by atoms with Crippen LogP contribution >= 0.6 is 0 Å². The number of phenolic OH excluding ortho intramolecular Hbond substituents is 4. The summed E-state index contributed by atoms with van der Waals surface area (Å²) in [7, 11) is 0. The van der Waals surface area contributed by atoms with Crippen LogP contribution in [0.3, 0.4) is 0 Å². The molecule has 0 radical (unpaired) electrons. The highest BCUT2D eigenvalue weighted by Gasteiger charge is 2.28. The maximum absolute atomic E-state index is 10.7. The zero-order valence-electron chi connectivity index (χ0n) is 15.0. The van der Waals surface area contributed by atoms with Crippen molar-refractivity contribution in [3.63, 3.8) is 0 Å². The van der Waals surface area contributed by atoms with Gasteiger partial charge in [0.05, 0.1) is 0 Å². The Hall–Kier alpha value is -3.54. The summed E-state index contributed by atoms with van der Waals surface area (Å²) in [6.07, 6.45) is 0. The Balaban J connectivity index is 2.08. The van der Waals surface area contributed by atoms with Gasteiger partial charge in [-0.05, 0) is 23.8 Å². The minimum atomic E-state index is -0.555. The predicted octanol–water partition coefficient (Wildman–Crippen LogP) is 5.25. The van der Waals surface area contributed by atoms with Gasteiger partial charge < -0.3 is 20.4 Å². The Bertz CT molecular complexity index is 978. The van der Waals surface area contributed by atoms with Crippen molar-refractivity contribution in [3.05, 3.63) is 71.8 Å². The van der Waals surface area contributed by atoms with Crippen LogP contribution in [-0.4, -0.2) is 20.4 Å². The standard InChI is InChI=1S/C21H20N2O4/c1-21(2,13-7-4-3-5-8-13)14-11-12-17(26)19(20(14)27)23-22-18-15(24)9-6-10-16(18)25/h3-12,24-27H,1-2H3. The second-order valence-electron chi connectivity index (χ2n) is 6.67. The molecule has 6 heteroatoms. The van der Waals surface area contributed by atoms with E-state index in [0.29, 0.717) is 5.56 Å². The molecule has 0 aliphatic carbocycles. The molecule has 138 valence electrons. The fourth-order valence-electron chi connectivity index (χ4n) is 2.90. The lowest BCUT2D eigenvalue weighted by Gasteiger charge is -2.27. The zero-order chi connectivity index (χ0) is 19.6. The third-order valence-corrected chi connectivity index (χ3v) is 4.54. The van der Waals surface area contributed by atoms with Crippen LogP contribution in [0.25, 0.3) is 0 Å². The van der Waals surface area contributed by atoms with Crippen molar-refractivity contribution in [2.45, 2.75) is 19.3 Å². The van der Waals surface area contributed by atoms with Crippen molar-refractivity contribution >= 4 is 11.4 Å². The summed E-state index contributed by atoms with van der Waals surface area (Å²) < 4.78 is 0. The van der Waals surface area contributed by atoms with E-state index in [0.717, 1.165) is 5.56 Å². The third kappa shape index (κ3) is 3.42. The molecule has 0 amide bonds. The molecule has 4 N–H and O–H groups in total. The molecule has 0 saturated heterocycles. The Morgan fingerprint density at radius 2 is 1.19 bits per heavy atom. The first kappa shape index (κ1) is 18.3. The van der Waals surface area contributed by atoms with Gasteiger partial charge in [0, 0.05) is 11.0 Å². The van der Waals surface area contributed by atoms with Crippen LogP contribution < -0.4 is 0 Å². The van der Waals surface area contributed by atoms with Crippen LogP contribution in [0.2, 0.25) is 0 Å². The predicted molar refractivity (Wildman–Crippen MR) is 102 cm³/mol. The highest BCUT2D eigenvalue weighted by Crippen LogP contribution is 2.46. The fourth-order valence-corrected chi connectivity index (χ4v) is 2.90. The summed E-state index contributed by atoms with van der Waals surface area (Å²) in [5.41, 5.74) is 0.692. The van der Waals surface area contributed by atoms with Crippen LogP contribution in [-0.2, 0) is 5.41 Å². The number of hydrogen-bond donors (Lipinski definition) is 4. The summed E-state index contributed by atoms with van der Waals surface area (Å²) >= 11 is 0. The quantitative estimate of drug-likeness (QED) is 0.474. The molecule has 0 aliphatic heterocycles. The van der Waals surface area contributed by atoms with Crippen molar-refractivity contribution in [2.75, 3.05) is 0 Å². The highest BCUT2D eigenvalue weighted by molar-refractivity contribution is 5.67. The van der Waals surface area contributed by atoms with E-state index in [9.17, 15) is 20.4 Å². The maximum Gasteiger partial charge on any atom is 0.169 e. The van der Waals surface area contributed by atoms with Gasteiger partial charge in [-0.25, -0.2) is 0 Å². The number of aromatic hydroxyl groups is 4. The lowest BCUT2D eigenvalue weighted by Crippen LogP contribution is -2.18. The lowest BCUT2D eigenvalue weighted by atomic mass is 9.77. The Labute approximate surface area is 156 Å². The van der Waals surface area contributed by atoms with Gasteiger partial charge in [0.2, 0.25) is 0 Å². The lowest BCUT2D eigenvalue weighted by molar-refractivity contribution is 0.437. The zero-order valence-corrected chi connectivity index (χ0v) is 15.0. The molecular formula is C21H20N2O4. The normalized spacial score (nSPS) is 11.8. The molecule has 27 heavy (non-hydrogen) atoms. The summed E-state index contributed by atoms with van der Waals surface area (Å²) in [5, 5.41) is 48.1. The van der Waals surface area contributed by atoms with Gasteiger partial charge in [0.25, 0.3) is 0 Å². The second kappa shape index (κ2) is 6.99. The molecule has 0 atom stereocenters. The average molecular weight is 364 g/mol. The number of benzene rings is 3. The van der Waals surface area contributed by atoms with E-state index in [2.05, 4.69) is 10.2 Å². The summed E-state index contributed by atoms with van der Waals surface area (Å²) in [6.45, 7) is 3.90. The molecule has 0 unspecified atom stereocenters. The molecule has 6 nitrogen and oxygen atoms in total. The largest absolute Gasteiger partial charge is 0.505 e. The minimum absolute atomic E-state index is 0.140. The number of rotatable bonds is 4. The van der Waals surface area contributed by atoms with Crippen LogP contribution in [0, 0.1) is 0 Å². The molecule has 0 bridgehead atoms. The van der Waals surface area contributed by atoms with E-state index in [4.69, 9.17) is 0 Å². The summed E-state index contributed by atoms with van der Waals surface area (Å²) in [6, 6.07) is 16.9. The molecule has 0 heterocycles. The van der Waals surface area contributed by atoms with E-state index >= 15 is 0 Å². The van der Waals surface area contributed by atoms with E-state index < -0.39 is 5.41 Å². The van der Waals surface area contributed by atoms with Crippen molar-refractivity contribution < 1.29 is 20.4 Å². The number of nitrogens with zero attached hydrogens (tertiary/aromatic N) is 2. The topological polar surface area (TPSA) is 106 Å². The molecule has 0 fully saturated rings. The fraction of sp³-hybridized carbons (Fsp3) is 0.143. The molecular weight excluding hydrogens is 344 g/mol. The molecule has 3 aromatic carbocycles. The molecule has 0 spiro atoms. The monoisotopic (exact) mass is 364 g/mol. The summed E-state index contributed by atoms with van der Waals surface area (Å²) in [5.74, 6) is -1.02. The Morgan fingerprint density at radius 3 is 1.81 bits per heavy atom. The van der Waals surface area contributed by atoms with Crippen LogP contribution in [0.15, 0.2) is 70.9 Å². The van der Waals surface area contributed by atoms with Crippen molar-refractivity contribution in [2.24, 2.45) is 10.2 Å². The van der Waals surface area contributed by atoms with Crippen LogP contribution in [0.4, 0.5) is 11.4 Å². The van der Waals surface area contributed by atoms with E-state index in [1.807, 2.05) is 44.2 Å². The first-order chi connectivity index (χ1) is 12.8. The Kier molecular flexibility index (Phi) is 4.73. The number of hydrogen-bond acceptors (Lipinski definition) is 6. The van der Waals surface area contributed by atoms with Gasteiger partial charge in [0.1, 0.15) is 17.2 Å². The van der Waals surface area contributed by atoms with Crippen LogP contribution in [0.1, 0.15) is 25.0 Å². The maximum atomic E-state index is 10.7. The first-order valence-corrected chi connectivity index (χ1v) is 8.36.